The Bertz CT molecular complexity index is 429. The fourth-order valence-electron chi connectivity index (χ4n) is 1.43. The highest BCUT2D eigenvalue weighted by atomic mass is 35.5. The lowest BCUT2D eigenvalue weighted by molar-refractivity contribution is -0.121. The maximum absolute atomic E-state index is 11.8. The minimum Gasteiger partial charge on any atom is -0.357 e. The average molecular weight is 240 g/mol. The fourth-order valence-corrected chi connectivity index (χ4v) is 1.56. The first-order chi connectivity index (χ1) is 7.63. The third-order valence-corrected chi connectivity index (χ3v) is 2.64. The van der Waals surface area contributed by atoms with Crippen molar-refractivity contribution in [3.8, 4) is 0 Å². The van der Waals surface area contributed by atoms with Crippen molar-refractivity contribution in [2.45, 2.75) is 12.2 Å². The highest BCUT2D eigenvalue weighted by Crippen LogP contribution is 2.26. The summed E-state index contributed by atoms with van der Waals surface area (Å²) >= 11 is 5.71. The van der Waals surface area contributed by atoms with Gasteiger partial charge in [-0.1, -0.05) is 11.6 Å². The van der Waals surface area contributed by atoms with Gasteiger partial charge in [0.15, 0.2) is 18.0 Å². The van der Waals surface area contributed by atoms with Gasteiger partial charge < -0.3 is 10.1 Å². The largest absolute Gasteiger partial charge is 0.357 e. The number of amides is 1. The second-order valence-electron chi connectivity index (χ2n) is 3.46. The predicted molar refractivity (Wildman–Crippen MR) is 58.5 cm³/mol. The molecule has 0 aliphatic carbocycles. The number of Topliss-reactive ketones (excluding diaryl/α,β-unsaturated/α-hetero) is 1. The number of benzene rings is 1. The summed E-state index contributed by atoms with van der Waals surface area (Å²) in [5.41, 5.74) is 0.501. The minimum atomic E-state index is -0.652. The van der Waals surface area contributed by atoms with E-state index in [1.807, 2.05) is 0 Å². The van der Waals surface area contributed by atoms with Crippen LogP contribution in [-0.4, -0.2) is 30.9 Å². The van der Waals surface area contributed by atoms with Crippen molar-refractivity contribution in [2.75, 3.05) is 7.05 Å². The number of hydrogen-bond acceptors (Lipinski definition) is 3. The highest BCUT2D eigenvalue weighted by Gasteiger charge is 2.49. The van der Waals surface area contributed by atoms with E-state index in [1.54, 1.807) is 24.3 Å². The van der Waals surface area contributed by atoms with Crippen molar-refractivity contribution >= 4 is 23.3 Å². The molecule has 1 aromatic rings. The molecule has 2 rings (SSSR count). The molecule has 0 spiro atoms. The molecule has 2 atom stereocenters. The van der Waals surface area contributed by atoms with E-state index >= 15 is 0 Å². The van der Waals surface area contributed by atoms with E-state index < -0.39 is 12.2 Å². The quantitative estimate of drug-likeness (QED) is 0.633. The lowest BCUT2D eigenvalue weighted by Crippen LogP contribution is -2.26. The van der Waals surface area contributed by atoms with E-state index in [2.05, 4.69) is 5.32 Å². The molecular weight excluding hydrogens is 230 g/mol. The van der Waals surface area contributed by atoms with Gasteiger partial charge in [0.05, 0.1) is 0 Å². The topological polar surface area (TPSA) is 58.7 Å². The van der Waals surface area contributed by atoms with Gasteiger partial charge in [0.2, 0.25) is 0 Å². The van der Waals surface area contributed by atoms with Crippen molar-refractivity contribution in [2.24, 2.45) is 0 Å². The van der Waals surface area contributed by atoms with Gasteiger partial charge in [0, 0.05) is 17.6 Å². The summed E-state index contributed by atoms with van der Waals surface area (Å²) < 4.78 is 5.02. The molecular formula is C11H10ClNO3. The Hall–Kier alpha value is -1.39. The van der Waals surface area contributed by atoms with Crippen LogP contribution in [0.3, 0.4) is 0 Å². The first-order valence-corrected chi connectivity index (χ1v) is 5.18. The number of epoxide rings is 1. The molecule has 5 heteroatoms. The Labute approximate surface area is 97.5 Å². The molecule has 1 heterocycles. The van der Waals surface area contributed by atoms with Crippen molar-refractivity contribution in [3.63, 3.8) is 0 Å². The number of ketones is 1. The molecule has 0 radical (unpaired) electrons. The second kappa shape index (κ2) is 4.23. The van der Waals surface area contributed by atoms with E-state index in [4.69, 9.17) is 16.3 Å². The molecule has 4 nitrogen and oxygen atoms in total. The number of halogens is 1. The number of carbonyl (C=O) groups is 2. The maximum atomic E-state index is 11.8. The predicted octanol–water partition coefficient (Wildman–Crippen LogP) is 1.04. The minimum absolute atomic E-state index is 0.190. The molecule has 16 heavy (non-hydrogen) atoms. The molecule has 0 aromatic heterocycles. The third-order valence-electron chi connectivity index (χ3n) is 2.38. The van der Waals surface area contributed by atoms with E-state index in [1.165, 1.54) is 7.05 Å². The van der Waals surface area contributed by atoms with Gasteiger partial charge in [-0.25, -0.2) is 0 Å². The van der Waals surface area contributed by atoms with E-state index in [0.717, 1.165) is 0 Å². The molecule has 1 aromatic carbocycles. The zero-order valence-electron chi connectivity index (χ0n) is 8.57. The molecule has 0 bridgehead atoms. The number of ether oxygens (including phenoxy) is 1. The fraction of sp³-hybridized carbons (Fsp3) is 0.273. The van der Waals surface area contributed by atoms with Crippen molar-refractivity contribution in [3.05, 3.63) is 34.9 Å². The summed E-state index contributed by atoms with van der Waals surface area (Å²) in [7, 11) is 1.51. The Morgan fingerprint density at radius 1 is 1.25 bits per heavy atom. The number of rotatable bonds is 3. The number of hydrogen-bond donors (Lipinski definition) is 1. The molecule has 2 unspecified atom stereocenters. The normalized spacial score (nSPS) is 22.6. The molecule has 1 saturated heterocycles. The lowest BCUT2D eigenvalue weighted by Gasteiger charge is -1.97. The van der Waals surface area contributed by atoms with Gasteiger partial charge in [-0.3, -0.25) is 9.59 Å². The van der Waals surface area contributed by atoms with Gasteiger partial charge in [0.1, 0.15) is 0 Å². The van der Waals surface area contributed by atoms with Crippen LogP contribution in [0, 0.1) is 0 Å². The van der Waals surface area contributed by atoms with Gasteiger partial charge in [0.25, 0.3) is 5.91 Å². The standard InChI is InChI=1S/C11H10ClNO3/c1-13-11(15)10-9(16-10)8(14)6-2-4-7(12)5-3-6/h2-5,9-10H,1H3,(H,13,15). The molecule has 1 amide bonds. The Morgan fingerprint density at radius 3 is 2.44 bits per heavy atom. The van der Waals surface area contributed by atoms with Crippen LogP contribution in [0.15, 0.2) is 24.3 Å². The monoisotopic (exact) mass is 239 g/mol. The van der Waals surface area contributed by atoms with Crippen molar-refractivity contribution in [1.29, 1.82) is 0 Å². The SMILES string of the molecule is CNC(=O)C1OC1C(=O)c1ccc(Cl)cc1. The molecule has 1 fully saturated rings. The first kappa shape index (κ1) is 11.1. The maximum Gasteiger partial charge on any atom is 0.252 e. The van der Waals surface area contributed by atoms with Crippen LogP contribution in [0.2, 0.25) is 5.02 Å². The lowest BCUT2D eigenvalue weighted by atomic mass is 10.1. The third kappa shape index (κ3) is 2.08. The zero-order chi connectivity index (χ0) is 11.7. The Balaban J connectivity index is 2.05. The Morgan fingerprint density at radius 2 is 1.88 bits per heavy atom. The smallest absolute Gasteiger partial charge is 0.252 e. The van der Waals surface area contributed by atoms with Crippen LogP contribution in [0.1, 0.15) is 10.4 Å². The number of likely N-dealkylation sites (N-methyl/N-ethyl adjacent to an activating group) is 1. The summed E-state index contributed by atoms with van der Waals surface area (Å²) in [6.07, 6.45) is -1.30. The molecule has 1 aliphatic heterocycles. The van der Waals surface area contributed by atoms with Crippen LogP contribution >= 0.6 is 11.6 Å². The number of carbonyl (C=O) groups excluding carboxylic acids is 2. The van der Waals surface area contributed by atoms with Gasteiger partial charge in [-0.05, 0) is 24.3 Å². The van der Waals surface area contributed by atoms with Gasteiger partial charge in [-0.2, -0.15) is 0 Å². The molecule has 1 N–H and O–H groups in total. The molecule has 84 valence electrons. The molecule has 0 saturated carbocycles. The van der Waals surface area contributed by atoms with Crippen LogP contribution in [0.4, 0.5) is 0 Å². The highest BCUT2D eigenvalue weighted by molar-refractivity contribution is 6.30. The summed E-state index contributed by atoms with van der Waals surface area (Å²) in [5, 5.41) is 3.00. The van der Waals surface area contributed by atoms with E-state index in [0.29, 0.717) is 10.6 Å². The summed E-state index contributed by atoms with van der Waals surface area (Å²) in [6.45, 7) is 0. The Kier molecular flexibility index (Phi) is 2.94. The molecule has 1 aliphatic rings. The van der Waals surface area contributed by atoms with Crippen LogP contribution in [-0.2, 0) is 9.53 Å². The number of nitrogens with one attached hydrogen (secondary N) is 1. The van der Waals surface area contributed by atoms with Crippen molar-refractivity contribution < 1.29 is 14.3 Å². The summed E-state index contributed by atoms with van der Waals surface area (Å²) in [6, 6.07) is 6.50. The van der Waals surface area contributed by atoms with Gasteiger partial charge >= 0.3 is 0 Å². The average Bonchev–Trinajstić information content (AvgIpc) is 3.08. The van der Waals surface area contributed by atoms with Crippen LogP contribution < -0.4 is 5.32 Å². The first-order valence-electron chi connectivity index (χ1n) is 4.80. The summed E-state index contributed by atoms with van der Waals surface area (Å²) in [5.74, 6) is -0.461. The van der Waals surface area contributed by atoms with Crippen LogP contribution in [0.5, 0.6) is 0 Å². The van der Waals surface area contributed by atoms with Crippen LogP contribution in [0.25, 0.3) is 0 Å². The summed E-state index contributed by atoms with van der Waals surface area (Å²) in [4.78, 5) is 23.0. The zero-order valence-corrected chi connectivity index (χ0v) is 9.32. The second-order valence-corrected chi connectivity index (χ2v) is 3.90. The van der Waals surface area contributed by atoms with E-state index in [-0.39, 0.29) is 11.7 Å². The van der Waals surface area contributed by atoms with Gasteiger partial charge in [-0.15, -0.1) is 0 Å². The van der Waals surface area contributed by atoms with E-state index in [9.17, 15) is 9.59 Å². The van der Waals surface area contributed by atoms with Crippen molar-refractivity contribution in [1.82, 2.24) is 5.32 Å².